The lowest BCUT2D eigenvalue weighted by atomic mass is 10.2. The van der Waals surface area contributed by atoms with E-state index < -0.39 is 29.0 Å². The highest BCUT2D eigenvalue weighted by molar-refractivity contribution is 6.28. The summed E-state index contributed by atoms with van der Waals surface area (Å²) in [5, 5.41) is 9.45. The molecule has 178 valence electrons. The molecule has 1 amide bonds. The molecule has 0 atom stereocenters. The summed E-state index contributed by atoms with van der Waals surface area (Å²) in [6.07, 6.45) is 1.35. The van der Waals surface area contributed by atoms with Crippen LogP contribution in [-0.2, 0) is 19.6 Å². The second-order valence-electron chi connectivity index (χ2n) is 7.62. The summed E-state index contributed by atoms with van der Waals surface area (Å²) in [6.45, 7) is 1.95. The molecule has 2 heterocycles. The number of fused-ring (bicyclic) bond motifs is 1. The van der Waals surface area contributed by atoms with Crippen LogP contribution in [0.2, 0.25) is 5.28 Å². The number of H-pyrrole nitrogens is 1. The molecule has 0 aliphatic heterocycles. The molecule has 1 aromatic carbocycles. The zero-order valence-corrected chi connectivity index (χ0v) is 18.7. The molecular formula is C21H24ClF2N5O4. The van der Waals surface area contributed by atoms with Gasteiger partial charge < -0.3 is 15.0 Å². The largest absolute Gasteiger partial charge is 0.465 e. The Balaban J connectivity index is 1.81. The number of aromatic amines is 1. The minimum Gasteiger partial charge on any atom is -0.465 e. The third kappa shape index (κ3) is 5.59. The Morgan fingerprint density at radius 3 is 2.58 bits per heavy atom. The number of hydrogen-bond donors (Lipinski definition) is 2. The molecule has 0 spiro atoms. The van der Waals surface area contributed by atoms with Gasteiger partial charge >= 0.3 is 11.8 Å². The van der Waals surface area contributed by atoms with Gasteiger partial charge in [-0.3, -0.25) is 13.9 Å². The number of aryl methyl sites for hydroxylation is 1. The maximum atomic E-state index is 13.9. The molecular weight excluding hydrogens is 460 g/mol. The molecule has 0 aliphatic rings. The molecule has 0 unspecified atom stereocenters. The number of nitrogens with zero attached hydrogens (tertiary/aromatic N) is 4. The SMILES string of the molecule is CCCCCn1c(=O)n(CCCN(Cc2ccc(F)cc2F)C(=O)O)c(=O)c2[nH]c(Cl)nc21. The first-order chi connectivity index (χ1) is 15.7. The standard InChI is InChI=1S/C21H24ClF2N5O4/c1-2-3-4-9-28-17-16(25-19(22)26-17)18(30)29(20(28)31)10-5-8-27(21(32)33)12-13-6-7-14(23)11-15(13)24/h6-7,11H,2-5,8-10,12H2,1H3,(H,25,26)(H,32,33). The van der Waals surface area contributed by atoms with Gasteiger partial charge in [0.15, 0.2) is 11.2 Å². The average Bonchev–Trinajstić information content (AvgIpc) is 3.15. The topological polar surface area (TPSA) is 113 Å². The quantitative estimate of drug-likeness (QED) is 0.338. The van der Waals surface area contributed by atoms with Crippen LogP contribution in [0.15, 0.2) is 27.8 Å². The van der Waals surface area contributed by atoms with Gasteiger partial charge in [0.1, 0.15) is 11.6 Å². The van der Waals surface area contributed by atoms with Crippen LogP contribution in [-0.4, -0.2) is 41.7 Å². The smallest absolute Gasteiger partial charge is 0.407 e. The summed E-state index contributed by atoms with van der Waals surface area (Å²) >= 11 is 5.92. The summed E-state index contributed by atoms with van der Waals surface area (Å²) in [7, 11) is 0. The number of carboxylic acid groups (broad SMARTS) is 1. The minimum atomic E-state index is -1.31. The van der Waals surface area contributed by atoms with Gasteiger partial charge in [0, 0.05) is 31.3 Å². The van der Waals surface area contributed by atoms with E-state index in [0.29, 0.717) is 19.0 Å². The van der Waals surface area contributed by atoms with Crippen LogP contribution in [0, 0.1) is 11.6 Å². The monoisotopic (exact) mass is 483 g/mol. The zero-order valence-electron chi connectivity index (χ0n) is 18.0. The lowest BCUT2D eigenvalue weighted by molar-refractivity contribution is 0.140. The van der Waals surface area contributed by atoms with E-state index in [1.165, 1.54) is 10.6 Å². The van der Waals surface area contributed by atoms with Crippen molar-refractivity contribution in [3.05, 3.63) is 61.5 Å². The highest BCUT2D eigenvalue weighted by Crippen LogP contribution is 2.14. The Kier molecular flexibility index (Phi) is 7.85. The van der Waals surface area contributed by atoms with Crippen molar-refractivity contribution in [1.29, 1.82) is 0 Å². The van der Waals surface area contributed by atoms with E-state index >= 15 is 0 Å². The number of halogens is 3. The summed E-state index contributed by atoms with van der Waals surface area (Å²) in [6, 6.07) is 2.90. The molecule has 9 nitrogen and oxygen atoms in total. The fraction of sp³-hybridized carbons (Fsp3) is 0.429. The number of nitrogens with one attached hydrogen (secondary N) is 1. The van der Waals surface area contributed by atoms with Crippen molar-refractivity contribution in [2.75, 3.05) is 6.54 Å². The van der Waals surface area contributed by atoms with Crippen molar-refractivity contribution < 1.29 is 18.7 Å². The molecule has 0 bridgehead atoms. The van der Waals surface area contributed by atoms with Crippen LogP contribution in [0.25, 0.3) is 11.2 Å². The van der Waals surface area contributed by atoms with E-state index in [1.54, 1.807) is 0 Å². The van der Waals surface area contributed by atoms with Gasteiger partial charge in [-0.25, -0.2) is 18.4 Å². The summed E-state index contributed by atoms with van der Waals surface area (Å²) in [4.78, 5) is 45.1. The molecule has 0 saturated heterocycles. The second kappa shape index (κ2) is 10.6. The first kappa shape index (κ1) is 24.4. The van der Waals surface area contributed by atoms with E-state index in [0.717, 1.165) is 28.4 Å². The molecule has 0 aliphatic carbocycles. The molecule has 2 N–H and O–H groups in total. The van der Waals surface area contributed by atoms with E-state index in [2.05, 4.69) is 9.97 Å². The third-order valence-corrected chi connectivity index (χ3v) is 5.45. The summed E-state index contributed by atoms with van der Waals surface area (Å²) in [5.41, 5.74) is -0.866. The average molecular weight is 484 g/mol. The van der Waals surface area contributed by atoms with Crippen LogP contribution in [0.5, 0.6) is 0 Å². The Bertz CT molecular complexity index is 1270. The third-order valence-electron chi connectivity index (χ3n) is 5.27. The number of imidazole rings is 1. The molecule has 3 aromatic rings. The zero-order chi connectivity index (χ0) is 24.1. The number of amides is 1. The predicted octanol–water partition coefficient (Wildman–Crippen LogP) is 3.58. The van der Waals surface area contributed by atoms with Crippen molar-refractivity contribution >= 4 is 28.9 Å². The van der Waals surface area contributed by atoms with E-state index in [9.17, 15) is 28.3 Å². The Labute approximate surface area is 192 Å². The molecule has 3 rings (SSSR count). The van der Waals surface area contributed by atoms with Crippen LogP contribution in [0.4, 0.5) is 13.6 Å². The maximum absolute atomic E-state index is 13.9. The first-order valence-electron chi connectivity index (χ1n) is 10.5. The van der Waals surface area contributed by atoms with Crippen molar-refractivity contribution in [1.82, 2.24) is 24.0 Å². The number of benzene rings is 1. The van der Waals surface area contributed by atoms with E-state index in [1.807, 2.05) is 6.92 Å². The van der Waals surface area contributed by atoms with Crippen LogP contribution >= 0.6 is 11.6 Å². The molecule has 2 aromatic heterocycles. The Morgan fingerprint density at radius 1 is 1.18 bits per heavy atom. The van der Waals surface area contributed by atoms with Crippen molar-refractivity contribution in [3.63, 3.8) is 0 Å². The van der Waals surface area contributed by atoms with Gasteiger partial charge in [-0.2, -0.15) is 4.98 Å². The van der Waals surface area contributed by atoms with E-state index in [-0.39, 0.29) is 48.1 Å². The summed E-state index contributed by atoms with van der Waals surface area (Å²) < 4.78 is 29.4. The van der Waals surface area contributed by atoms with Gasteiger partial charge in [0.2, 0.25) is 5.28 Å². The van der Waals surface area contributed by atoms with Gasteiger partial charge in [-0.15, -0.1) is 0 Å². The van der Waals surface area contributed by atoms with Gasteiger partial charge in [0.05, 0.1) is 6.54 Å². The predicted molar refractivity (Wildman–Crippen MR) is 119 cm³/mol. The number of unbranched alkanes of at least 4 members (excludes halogenated alkanes) is 2. The Hall–Kier alpha value is -3.21. The lowest BCUT2D eigenvalue weighted by Gasteiger charge is -2.20. The van der Waals surface area contributed by atoms with Crippen molar-refractivity contribution in [2.24, 2.45) is 0 Å². The number of aromatic nitrogens is 4. The first-order valence-corrected chi connectivity index (χ1v) is 10.9. The highest BCUT2D eigenvalue weighted by atomic mass is 35.5. The van der Waals surface area contributed by atoms with Gasteiger partial charge in [0.25, 0.3) is 5.56 Å². The fourth-order valence-electron chi connectivity index (χ4n) is 3.57. The van der Waals surface area contributed by atoms with Crippen LogP contribution in [0.3, 0.4) is 0 Å². The molecule has 0 radical (unpaired) electrons. The number of carbonyl (C=O) groups is 1. The maximum Gasteiger partial charge on any atom is 0.407 e. The molecule has 33 heavy (non-hydrogen) atoms. The molecule has 0 fully saturated rings. The summed E-state index contributed by atoms with van der Waals surface area (Å²) in [5.74, 6) is -1.61. The highest BCUT2D eigenvalue weighted by Gasteiger charge is 2.19. The van der Waals surface area contributed by atoms with Crippen LogP contribution in [0.1, 0.15) is 38.2 Å². The van der Waals surface area contributed by atoms with Gasteiger partial charge in [-0.1, -0.05) is 25.8 Å². The Morgan fingerprint density at radius 2 is 1.91 bits per heavy atom. The number of hydrogen-bond acceptors (Lipinski definition) is 4. The van der Waals surface area contributed by atoms with Crippen molar-refractivity contribution in [3.8, 4) is 0 Å². The van der Waals surface area contributed by atoms with E-state index in [4.69, 9.17) is 11.6 Å². The normalized spacial score (nSPS) is 11.3. The minimum absolute atomic E-state index is 0.0122. The fourth-order valence-corrected chi connectivity index (χ4v) is 3.75. The van der Waals surface area contributed by atoms with Crippen molar-refractivity contribution in [2.45, 2.75) is 52.2 Å². The molecule has 12 heteroatoms. The number of rotatable bonds is 10. The molecule has 0 saturated carbocycles. The van der Waals surface area contributed by atoms with Crippen LogP contribution < -0.4 is 11.2 Å². The second-order valence-corrected chi connectivity index (χ2v) is 7.98. The lowest BCUT2D eigenvalue weighted by Crippen LogP contribution is -2.41. The van der Waals surface area contributed by atoms with Gasteiger partial charge in [-0.05, 0) is 30.5 Å².